The third-order valence-electron chi connectivity index (χ3n) is 3.35. The second-order valence-corrected chi connectivity index (χ2v) is 6.05. The number of rotatable bonds is 5. The molecule has 0 saturated heterocycles. The Labute approximate surface area is 162 Å². The molecule has 8 nitrogen and oxygen atoms in total. The van der Waals surface area contributed by atoms with Crippen molar-refractivity contribution in [1.29, 1.82) is 0 Å². The quantitative estimate of drug-likeness (QED) is 0.377. The number of nitro benzene ring substituents is 1. The highest BCUT2D eigenvalue weighted by molar-refractivity contribution is 6.35. The van der Waals surface area contributed by atoms with Gasteiger partial charge in [0.1, 0.15) is 0 Å². The van der Waals surface area contributed by atoms with Crippen molar-refractivity contribution in [3.63, 3.8) is 0 Å². The number of nitrogens with zero attached hydrogens (tertiary/aromatic N) is 3. The predicted molar refractivity (Wildman–Crippen MR) is 101 cm³/mol. The van der Waals surface area contributed by atoms with Gasteiger partial charge in [0.15, 0.2) is 0 Å². The Kier molecular flexibility index (Phi) is 5.49. The second kappa shape index (κ2) is 7.98. The van der Waals surface area contributed by atoms with Crippen LogP contribution in [0.15, 0.2) is 53.0 Å². The third kappa shape index (κ3) is 4.69. The first-order valence-corrected chi connectivity index (χ1v) is 8.20. The van der Waals surface area contributed by atoms with Crippen molar-refractivity contribution in [2.24, 2.45) is 0 Å². The van der Waals surface area contributed by atoms with E-state index < -0.39 is 10.8 Å². The number of carbonyl (C=O) groups excluding carboxylic acids is 1. The van der Waals surface area contributed by atoms with Gasteiger partial charge >= 0.3 is 6.01 Å². The van der Waals surface area contributed by atoms with Crippen LogP contribution in [0.1, 0.15) is 5.56 Å². The minimum atomic E-state index is -0.513. The lowest BCUT2D eigenvalue weighted by Gasteiger charge is -1.99. The van der Waals surface area contributed by atoms with Gasteiger partial charge in [-0.05, 0) is 42.0 Å². The summed E-state index contributed by atoms with van der Waals surface area (Å²) in [5.41, 5.74) is 1.03. The van der Waals surface area contributed by atoms with Crippen LogP contribution < -0.4 is 5.32 Å². The van der Waals surface area contributed by atoms with Crippen LogP contribution in [0, 0.1) is 10.1 Å². The molecule has 27 heavy (non-hydrogen) atoms. The minimum absolute atomic E-state index is 0.0327. The van der Waals surface area contributed by atoms with Gasteiger partial charge in [0.05, 0.1) is 15.5 Å². The molecule has 1 heterocycles. The number of anilines is 1. The van der Waals surface area contributed by atoms with Crippen molar-refractivity contribution >= 4 is 46.9 Å². The number of hydrogen-bond acceptors (Lipinski definition) is 6. The van der Waals surface area contributed by atoms with E-state index in [0.29, 0.717) is 21.2 Å². The molecule has 0 spiro atoms. The second-order valence-electron chi connectivity index (χ2n) is 5.21. The van der Waals surface area contributed by atoms with E-state index in [0.717, 1.165) is 0 Å². The monoisotopic (exact) mass is 404 g/mol. The van der Waals surface area contributed by atoms with E-state index in [1.165, 1.54) is 36.4 Å². The molecule has 2 aromatic carbocycles. The highest BCUT2D eigenvalue weighted by Crippen LogP contribution is 2.30. The minimum Gasteiger partial charge on any atom is -0.403 e. The van der Waals surface area contributed by atoms with E-state index in [1.807, 2.05) is 0 Å². The van der Waals surface area contributed by atoms with Gasteiger partial charge in [-0.3, -0.25) is 20.2 Å². The molecule has 3 rings (SSSR count). The first-order valence-electron chi connectivity index (χ1n) is 7.45. The Morgan fingerprint density at radius 2 is 1.89 bits per heavy atom. The first-order chi connectivity index (χ1) is 12.9. The van der Waals surface area contributed by atoms with Crippen molar-refractivity contribution in [2.45, 2.75) is 0 Å². The van der Waals surface area contributed by atoms with Crippen LogP contribution in [-0.2, 0) is 4.79 Å². The molecule has 0 aliphatic heterocycles. The number of hydrogen-bond donors (Lipinski definition) is 1. The lowest BCUT2D eigenvalue weighted by molar-refractivity contribution is -0.384. The Morgan fingerprint density at radius 3 is 2.59 bits per heavy atom. The van der Waals surface area contributed by atoms with Crippen LogP contribution in [0.5, 0.6) is 0 Å². The molecule has 0 unspecified atom stereocenters. The average Bonchev–Trinajstić information content (AvgIpc) is 3.10. The molecule has 1 N–H and O–H groups in total. The summed E-state index contributed by atoms with van der Waals surface area (Å²) < 4.78 is 5.36. The largest absolute Gasteiger partial charge is 0.403 e. The summed E-state index contributed by atoms with van der Waals surface area (Å²) in [6, 6.07) is 10.4. The molecule has 0 radical (unpaired) electrons. The molecule has 0 aliphatic rings. The highest BCUT2D eigenvalue weighted by atomic mass is 35.5. The van der Waals surface area contributed by atoms with Crippen LogP contribution >= 0.6 is 23.2 Å². The summed E-state index contributed by atoms with van der Waals surface area (Å²) in [7, 11) is 0. The average molecular weight is 405 g/mol. The molecule has 10 heteroatoms. The van der Waals surface area contributed by atoms with Crippen LogP contribution in [-0.4, -0.2) is 21.0 Å². The first kappa shape index (κ1) is 18.6. The van der Waals surface area contributed by atoms with Crippen molar-refractivity contribution in [3.05, 3.63) is 74.3 Å². The van der Waals surface area contributed by atoms with E-state index in [4.69, 9.17) is 27.6 Å². The van der Waals surface area contributed by atoms with Gasteiger partial charge in [-0.1, -0.05) is 28.3 Å². The van der Waals surface area contributed by atoms with Crippen molar-refractivity contribution in [2.75, 3.05) is 5.32 Å². The summed E-state index contributed by atoms with van der Waals surface area (Å²) in [5.74, 6) is -0.405. The molecule has 0 saturated carbocycles. The topological polar surface area (TPSA) is 111 Å². The predicted octanol–water partition coefficient (Wildman–Crippen LogP) is 4.60. The van der Waals surface area contributed by atoms with Gasteiger partial charge in [0.25, 0.3) is 17.5 Å². The lowest BCUT2D eigenvalue weighted by atomic mass is 10.2. The Hall–Kier alpha value is -3.23. The Balaban J connectivity index is 1.67. The summed E-state index contributed by atoms with van der Waals surface area (Å²) in [6.07, 6.45) is 2.72. The lowest BCUT2D eigenvalue weighted by Crippen LogP contribution is -2.07. The smallest absolute Gasteiger partial charge is 0.322 e. The SMILES string of the molecule is O=C(C=Cc1ccc([N+](=O)[O-])cc1)Nc1nnc(-c2cc(Cl)ccc2Cl)o1. The number of halogens is 2. The van der Waals surface area contributed by atoms with E-state index in [-0.39, 0.29) is 17.6 Å². The summed E-state index contributed by atoms with van der Waals surface area (Å²) in [5, 5.41) is 21.4. The molecule has 0 bridgehead atoms. The van der Waals surface area contributed by atoms with Gasteiger partial charge in [-0.2, -0.15) is 0 Å². The van der Waals surface area contributed by atoms with E-state index in [9.17, 15) is 14.9 Å². The normalized spacial score (nSPS) is 10.9. The van der Waals surface area contributed by atoms with Crippen LogP contribution in [0.3, 0.4) is 0 Å². The van der Waals surface area contributed by atoms with Crippen LogP contribution in [0.2, 0.25) is 10.0 Å². The van der Waals surface area contributed by atoms with E-state index in [1.54, 1.807) is 18.2 Å². The summed E-state index contributed by atoms with van der Waals surface area (Å²) in [6.45, 7) is 0. The molecule has 0 atom stereocenters. The fraction of sp³-hybridized carbons (Fsp3) is 0. The maximum absolute atomic E-state index is 11.9. The zero-order chi connectivity index (χ0) is 19.4. The fourth-order valence-corrected chi connectivity index (χ4v) is 2.44. The van der Waals surface area contributed by atoms with Crippen molar-refractivity contribution in [3.8, 4) is 11.5 Å². The number of non-ortho nitro benzene ring substituents is 1. The maximum Gasteiger partial charge on any atom is 0.322 e. The van der Waals surface area contributed by atoms with Gasteiger partial charge < -0.3 is 4.42 Å². The van der Waals surface area contributed by atoms with E-state index in [2.05, 4.69) is 15.5 Å². The number of benzene rings is 2. The molecule has 1 aromatic heterocycles. The molecular formula is C17H10Cl2N4O4. The number of nitro groups is 1. The molecule has 3 aromatic rings. The molecule has 0 fully saturated rings. The standard InChI is InChI=1S/C17H10Cl2N4O4/c18-11-4-7-14(19)13(9-11)16-21-22-17(27-16)20-15(24)8-3-10-1-5-12(6-2-10)23(25)26/h1-9H,(H,20,22,24). The van der Waals surface area contributed by atoms with Gasteiger partial charge in [0.2, 0.25) is 0 Å². The number of carbonyl (C=O) groups is 1. The number of aromatic nitrogens is 2. The maximum atomic E-state index is 11.9. The van der Waals surface area contributed by atoms with E-state index >= 15 is 0 Å². The zero-order valence-corrected chi connectivity index (χ0v) is 14.9. The number of amides is 1. The Morgan fingerprint density at radius 1 is 1.15 bits per heavy atom. The van der Waals surface area contributed by atoms with Gasteiger partial charge in [0, 0.05) is 23.2 Å². The number of nitrogens with one attached hydrogen (secondary N) is 1. The van der Waals surface area contributed by atoms with Crippen LogP contribution in [0.4, 0.5) is 11.7 Å². The Bertz CT molecular complexity index is 1030. The summed E-state index contributed by atoms with van der Waals surface area (Å²) in [4.78, 5) is 22.1. The summed E-state index contributed by atoms with van der Waals surface area (Å²) >= 11 is 12.0. The molecule has 0 aliphatic carbocycles. The highest BCUT2D eigenvalue weighted by Gasteiger charge is 2.13. The fourth-order valence-electron chi connectivity index (χ4n) is 2.07. The van der Waals surface area contributed by atoms with Crippen LogP contribution in [0.25, 0.3) is 17.5 Å². The zero-order valence-electron chi connectivity index (χ0n) is 13.4. The van der Waals surface area contributed by atoms with Crippen molar-refractivity contribution < 1.29 is 14.1 Å². The molecule has 1 amide bonds. The van der Waals surface area contributed by atoms with Gasteiger partial charge in [-0.15, -0.1) is 5.10 Å². The molecule has 136 valence electrons. The van der Waals surface area contributed by atoms with Gasteiger partial charge in [-0.25, -0.2) is 0 Å². The van der Waals surface area contributed by atoms with Crippen molar-refractivity contribution in [1.82, 2.24) is 10.2 Å². The third-order valence-corrected chi connectivity index (χ3v) is 3.91. The molecular weight excluding hydrogens is 395 g/mol.